The Balaban J connectivity index is 0.958. The molecule has 1 unspecified atom stereocenters. The van der Waals surface area contributed by atoms with Crippen molar-refractivity contribution in [1.82, 2.24) is 30.1 Å². The fourth-order valence-corrected chi connectivity index (χ4v) is 8.42. The van der Waals surface area contributed by atoms with Gasteiger partial charge in [0.05, 0.1) is 17.4 Å². The summed E-state index contributed by atoms with van der Waals surface area (Å²) in [5, 5.41) is 7.86. The van der Waals surface area contributed by atoms with Gasteiger partial charge in [0.15, 0.2) is 0 Å². The van der Waals surface area contributed by atoms with Crippen molar-refractivity contribution in [3.8, 4) is 0 Å². The predicted molar refractivity (Wildman–Crippen MR) is 219 cm³/mol. The number of anilines is 5. The van der Waals surface area contributed by atoms with Crippen molar-refractivity contribution in [1.29, 1.82) is 0 Å². The van der Waals surface area contributed by atoms with E-state index in [1.807, 2.05) is 19.2 Å². The van der Waals surface area contributed by atoms with E-state index in [1.54, 1.807) is 36.4 Å². The Morgan fingerprint density at radius 3 is 2.28 bits per heavy atom. The van der Waals surface area contributed by atoms with Crippen molar-refractivity contribution in [2.75, 3.05) is 53.3 Å². The third kappa shape index (κ3) is 8.92. The first-order chi connectivity index (χ1) is 28.4. The molecule has 5 heterocycles. The molecule has 3 aliphatic heterocycles. The Morgan fingerprint density at radius 1 is 0.950 bits per heavy atom. The van der Waals surface area contributed by atoms with Crippen LogP contribution in [0.25, 0.3) is 0 Å². The molecule has 0 radical (unpaired) electrons. The first kappa shape index (κ1) is 42.5. The van der Waals surface area contributed by atoms with Crippen molar-refractivity contribution >= 4 is 78.5 Å². The lowest BCUT2D eigenvalue weighted by Gasteiger charge is -2.38. The summed E-state index contributed by atoms with van der Waals surface area (Å²) in [6, 6.07) is 12.9. The zero-order valence-corrected chi connectivity index (χ0v) is 35.0. The molecular weight excluding hydrogens is 873 g/mol. The lowest BCUT2D eigenvalue weighted by atomic mass is 10.0. The molecule has 0 aliphatic carbocycles. The molecule has 4 amide bonds. The zero-order chi connectivity index (χ0) is 43.1. The van der Waals surface area contributed by atoms with Gasteiger partial charge in [-0.05, 0) is 74.3 Å². The van der Waals surface area contributed by atoms with E-state index in [0.29, 0.717) is 28.5 Å². The minimum Gasteiger partial charge on any atom is -0.371 e. The van der Waals surface area contributed by atoms with Gasteiger partial charge in [-0.1, -0.05) is 22.0 Å². The van der Waals surface area contributed by atoms with Gasteiger partial charge in [-0.25, -0.2) is 18.4 Å². The Hall–Kier alpha value is -5.67. The fraction of sp³-hybridized carbons (Fsp3) is 0.359. The second-order valence-corrected chi connectivity index (χ2v) is 17.6. The molecule has 2 fully saturated rings. The van der Waals surface area contributed by atoms with Crippen LogP contribution in [-0.4, -0.2) is 102 Å². The van der Waals surface area contributed by atoms with Crippen LogP contribution in [0, 0.1) is 0 Å². The number of imide groups is 2. The van der Waals surface area contributed by atoms with Crippen molar-refractivity contribution in [2.45, 2.75) is 57.0 Å². The number of carbonyl (C=O) groups is 4. The maximum Gasteiger partial charge on any atom is 0.421 e. The highest BCUT2D eigenvalue weighted by atomic mass is 79.9. The number of pyridine rings is 1. The summed E-state index contributed by atoms with van der Waals surface area (Å²) in [7, 11) is -0.379. The molecule has 316 valence electrons. The number of hydrogen-bond acceptors (Lipinski definition) is 13. The van der Waals surface area contributed by atoms with E-state index >= 15 is 0 Å². The number of carbonyl (C=O) groups excluding carboxylic acids is 4. The number of nitrogens with one attached hydrogen (secondary N) is 3. The van der Waals surface area contributed by atoms with Crippen LogP contribution in [-0.2, 0) is 38.9 Å². The first-order valence-electron chi connectivity index (χ1n) is 18.8. The topological polar surface area (TPSA) is 190 Å². The number of benzene rings is 2. The van der Waals surface area contributed by atoms with Crippen LogP contribution < -0.4 is 25.2 Å². The van der Waals surface area contributed by atoms with Gasteiger partial charge < -0.3 is 15.5 Å². The molecule has 1 atom stereocenters. The summed E-state index contributed by atoms with van der Waals surface area (Å²) >= 11 is 3.57. The third-order valence-corrected chi connectivity index (χ3v) is 12.7. The highest BCUT2D eigenvalue weighted by Crippen LogP contribution is 2.36. The SMILES string of the molecule is CN(Cc1cc2c(cc1Br)C(=O)N(C1CCC(=O)NC1=O)C2=O)C1CCN(c2ccc(Nc3ncc(C(F)(F)F)c(NCc4cccnc4N(C)S(C)(=O)=O)n3)cc2)CC1. The van der Waals surface area contributed by atoms with Gasteiger partial charge in [0, 0.05) is 79.5 Å². The average Bonchev–Trinajstić information content (AvgIpc) is 3.43. The van der Waals surface area contributed by atoms with E-state index in [4.69, 9.17) is 0 Å². The second-order valence-electron chi connectivity index (χ2n) is 14.8. The van der Waals surface area contributed by atoms with Crippen LogP contribution in [0.15, 0.2) is 65.4 Å². The zero-order valence-electron chi connectivity index (χ0n) is 32.6. The number of amides is 4. The molecule has 3 aliphatic rings. The number of halogens is 4. The van der Waals surface area contributed by atoms with Crippen LogP contribution in [0.2, 0.25) is 0 Å². The first-order valence-corrected chi connectivity index (χ1v) is 21.5. The normalized spacial score (nSPS) is 17.6. The molecule has 16 nitrogen and oxygen atoms in total. The van der Waals surface area contributed by atoms with E-state index < -0.39 is 57.3 Å². The Kier molecular flexibility index (Phi) is 11.9. The molecule has 3 N–H and O–H groups in total. The standard InChI is InChI=1S/C39H40BrF3N10O6S/c1-50(21-23-17-27-28(18-30(23)40)37(57)53(36(27)56)31-10-11-32(54)48-35(31)55)25-12-15-52(16-13-25)26-8-6-24(7-9-26)47-38-46-20-29(39(41,42)43)33(49-38)45-19-22-5-4-14-44-34(22)51(2)60(3,58)59/h4-9,14,17-18,20,25,31H,10-13,15-16,19,21H2,1-3H3,(H,48,54,55)(H2,45,46,47,49). The molecule has 60 heavy (non-hydrogen) atoms. The van der Waals surface area contributed by atoms with Crippen LogP contribution in [0.1, 0.15) is 63.1 Å². The summed E-state index contributed by atoms with van der Waals surface area (Å²) in [5.41, 5.74) is 1.99. The molecule has 21 heteroatoms. The maximum absolute atomic E-state index is 14.0. The fourth-order valence-electron chi connectivity index (χ4n) is 7.48. The van der Waals surface area contributed by atoms with Crippen molar-refractivity contribution in [2.24, 2.45) is 0 Å². The molecule has 2 aromatic heterocycles. The number of aromatic nitrogens is 3. The summed E-state index contributed by atoms with van der Waals surface area (Å²) < 4.78 is 67.7. The molecule has 2 aromatic carbocycles. The highest BCUT2D eigenvalue weighted by molar-refractivity contribution is 9.10. The number of rotatable bonds is 12. The largest absolute Gasteiger partial charge is 0.421 e. The van der Waals surface area contributed by atoms with Crippen molar-refractivity contribution in [3.05, 3.63) is 93.2 Å². The van der Waals surface area contributed by atoms with Gasteiger partial charge >= 0.3 is 6.18 Å². The number of fused-ring (bicyclic) bond motifs is 1. The number of sulfonamides is 1. The Labute approximate surface area is 351 Å². The van der Waals surface area contributed by atoms with E-state index in [0.717, 1.165) is 52.6 Å². The third-order valence-electron chi connectivity index (χ3n) is 10.8. The molecule has 0 spiro atoms. The summed E-state index contributed by atoms with van der Waals surface area (Å²) in [5.74, 6) is -2.73. The minimum absolute atomic E-state index is 0.0416. The maximum atomic E-state index is 14.0. The number of hydrogen-bond donors (Lipinski definition) is 3. The summed E-state index contributed by atoms with van der Waals surface area (Å²) in [6.07, 6.45) is 0.0857. The second kappa shape index (κ2) is 16.8. The number of alkyl halides is 3. The van der Waals surface area contributed by atoms with Gasteiger partial charge in [0.2, 0.25) is 27.8 Å². The predicted octanol–water partition coefficient (Wildman–Crippen LogP) is 4.91. The molecular formula is C39H40BrF3N10O6S. The molecule has 4 aromatic rings. The monoisotopic (exact) mass is 912 g/mol. The highest BCUT2D eigenvalue weighted by Gasteiger charge is 2.45. The van der Waals surface area contributed by atoms with Crippen LogP contribution in [0.5, 0.6) is 0 Å². The van der Waals surface area contributed by atoms with Gasteiger partial charge in [-0.3, -0.25) is 38.6 Å². The molecule has 0 bridgehead atoms. The van der Waals surface area contributed by atoms with E-state index in [2.05, 4.69) is 56.6 Å². The number of nitrogens with zero attached hydrogens (tertiary/aromatic N) is 7. The van der Waals surface area contributed by atoms with E-state index in [9.17, 15) is 40.8 Å². The quantitative estimate of drug-likeness (QED) is 0.163. The van der Waals surface area contributed by atoms with Gasteiger partial charge in [-0.2, -0.15) is 18.2 Å². The van der Waals surface area contributed by atoms with Crippen molar-refractivity contribution in [3.63, 3.8) is 0 Å². The summed E-state index contributed by atoms with van der Waals surface area (Å²) in [4.78, 5) is 68.2. The minimum atomic E-state index is -4.77. The molecule has 0 saturated carbocycles. The van der Waals surface area contributed by atoms with Gasteiger partial charge in [0.25, 0.3) is 11.8 Å². The van der Waals surface area contributed by atoms with E-state index in [1.165, 1.54) is 13.2 Å². The lowest BCUT2D eigenvalue weighted by Crippen LogP contribution is -2.54. The summed E-state index contributed by atoms with van der Waals surface area (Å²) in [6.45, 7) is 1.78. The van der Waals surface area contributed by atoms with Crippen LogP contribution >= 0.6 is 15.9 Å². The van der Waals surface area contributed by atoms with Gasteiger partial charge in [0.1, 0.15) is 23.2 Å². The Bertz CT molecular complexity index is 2470. The average molecular weight is 914 g/mol. The van der Waals surface area contributed by atoms with Gasteiger partial charge in [-0.15, -0.1) is 0 Å². The lowest BCUT2D eigenvalue weighted by molar-refractivity contribution is -0.138. The molecule has 7 rings (SSSR count). The smallest absolute Gasteiger partial charge is 0.371 e. The van der Waals surface area contributed by atoms with Crippen LogP contribution in [0.3, 0.4) is 0 Å². The van der Waals surface area contributed by atoms with Crippen molar-refractivity contribution < 1.29 is 40.8 Å². The van der Waals surface area contributed by atoms with Crippen LogP contribution in [0.4, 0.5) is 42.1 Å². The molecule has 2 saturated heterocycles. The number of piperidine rings is 2. The van der Waals surface area contributed by atoms with E-state index in [-0.39, 0.29) is 48.3 Å². The Morgan fingerprint density at radius 2 is 1.63 bits per heavy atom.